The van der Waals surface area contributed by atoms with Gasteiger partial charge in [0.1, 0.15) is 0 Å². The molecule has 2 rings (SSSR count). The maximum atomic E-state index is 12.5. The summed E-state index contributed by atoms with van der Waals surface area (Å²) < 4.78 is 0. The molecule has 5 heteroatoms. The molecule has 1 aromatic carbocycles. The van der Waals surface area contributed by atoms with Gasteiger partial charge in [0.2, 0.25) is 5.91 Å². The zero-order chi connectivity index (χ0) is 17.0. The highest BCUT2D eigenvalue weighted by atomic mass is 35.5. The van der Waals surface area contributed by atoms with Gasteiger partial charge in [0.15, 0.2) is 5.78 Å². The fourth-order valence-electron chi connectivity index (χ4n) is 3.05. The van der Waals surface area contributed by atoms with E-state index in [4.69, 9.17) is 11.6 Å². The Morgan fingerprint density at radius 3 is 2.57 bits per heavy atom. The summed E-state index contributed by atoms with van der Waals surface area (Å²) in [5.74, 6) is -0.272. The number of nitrogens with zero attached hydrogens (tertiary/aromatic N) is 1. The van der Waals surface area contributed by atoms with Gasteiger partial charge in [-0.3, -0.25) is 9.59 Å². The Balaban J connectivity index is 1.98. The Kier molecular flexibility index (Phi) is 6.19. The average Bonchev–Trinajstić information content (AvgIpc) is 2.55. The molecule has 126 valence electrons. The Morgan fingerprint density at radius 1 is 1.30 bits per heavy atom. The van der Waals surface area contributed by atoms with E-state index in [1.54, 1.807) is 31.2 Å². The topological polar surface area (TPSA) is 57.6 Å². The molecule has 0 aromatic heterocycles. The summed E-state index contributed by atoms with van der Waals surface area (Å²) in [4.78, 5) is 26.8. The van der Waals surface area contributed by atoms with Gasteiger partial charge >= 0.3 is 0 Å². The minimum atomic E-state index is -0.370. The van der Waals surface area contributed by atoms with Gasteiger partial charge in [-0.1, -0.05) is 18.5 Å². The molecule has 1 saturated heterocycles. The van der Waals surface area contributed by atoms with E-state index in [9.17, 15) is 14.7 Å². The average molecular weight is 338 g/mol. The smallest absolute Gasteiger partial charge is 0.223 e. The number of ketones is 1. The van der Waals surface area contributed by atoms with Gasteiger partial charge in [0, 0.05) is 42.1 Å². The van der Waals surface area contributed by atoms with Crippen molar-refractivity contribution in [1.29, 1.82) is 0 Å². The number of rotatable bonds is 5. The predicted octanol–water partition coefficient (Wildman–Crippen LogP) is 3.17. The lowest BCUT2D eigenvalue weighted by Gasteiger charge is -2.38. The van der Waals surface area contributed by atoms with Crippen molar-refractivity contribution in [2.24, 2.45) is 11.8 Å². The van der Waals surface area contributed by atoms with Crippen molar-refractivity contribution in [3.05, 3.63) is 34.9 Å². The molecule has 0 saturated carbocycles. The molecule has 3 atom stereocenters. The van der Waals surface area contributed by atoms with E-state index in [1.165, 1.54) is 0 Å². The monoisotopic (exact) mass is 337 g/mol. The second-order valence-electron chi connectivity index (χ2n) is 6.50. The maximum absolute atomic E-state index is 12.5. The lowest BCUT2D eigenvalue weighted by Crippen LogP contribution is -2.47. The number of hydrogen-bond donors (Lipinski definition) is 1. The molecule has 0 spiro atoms. The Bertz CT molecular complexity index is 558. The van der Waals surface area contributed by atoms with Crippen LogP contribution < -0.4 is 0 Å². The molecule has 4 nitrogen and oxygen atoms in total. The van der Waals surface area contributed by atoms with E-state index in [-0.39, 0.29) is 42.6 Å². The zero-order valence-corrected chi connectivity index (χ0v) is 14.4. The third-order valence-electron chi connectivity index (χ3n) is 4.62. The van der Waals surface area contributed by atoms with Crippen LogP contribution in [0.3, 0.4) is 0 Å². The highest BCUT2D eigenvalue weighted by molar-refractivity contribution is 6.30. The number of carbonyl (C=O) groups is 2. The number of aliphatic hydroxyl groups excluding tert-OH is 1. The minimum absolute atomic E-state index is 0.00883. The van der Waals surface area contributed by atoms with Gasteiger partial charge in [0.25, 0.3) is 0 Å². The molecule has 1 aliphatic heterocycles. The van der Waals surface area contributed by atoms with Crippen LogP contribution in [0.5, 0.6) is 0 Å². The number of piperidine rings is 1. The molecule has 1 amide bonds. The summed E-state index contributed by atoms with van der Waals surface area (Å²) in [7, 11) is 0. The van der Waals surface area contributed by atoms with Crippen LogP contribution in [0, 0.1) is 11.8 Å². The van der Waals surface area contributed by atoms with Crippen molar-refractivity contribution in [2.75, 3.05) is 13.2 Å². The minimum Gasteiger partial charge on any atom is -0.396 e. The molecule has 3 unspecified atom stereocenters. The van der Waals surface area contributed by atoms with Crippen LogP contribution in [-0.2, 0) is 4.79 Å². The van der Waals surface area contributed by atoms with E-state index < -0.39 is 0 Å². The van der Waals surface area contributed by atoms with Crippen LogP contribution in [0.4, 0.5) is 0 Å². The third kappa shape index (κ3) is 4.55. The first-order valence-electron chi connectivity index (χ1n) is 8.12. The number of benzene rings is 1. The van der Waals surface area contributed by atoms with Crippen molar-refractivity contribution < 1.29 is 14.7 Å². The highest BCUT2D eigenvalue weighted by Crippen LogP contribution is 2.24. The summed E-state index contributed by atoms with van der Waals surface area (Å²) in [5.41, 5.74) is 0.578. The van der Waals surface area contributed by atoms with E-state index in [2.05, 4.69) is 0 Å². The second kappa shape index (κ2) is 7.93. The molecule has 1 aliphatic rings. The molecule has 1 heterocycles. The van der Waals surface area contributed by atoms with Crippen LogP contribution in [0.1, 0.15) is 43.5 Å². The first-order chi connectivity index (χ1) is 10.9. The molecule has 0 bridgehead atoms. The van der Waals surface area contributed by atoms with E-state index in [0.717, 1.165) is 12.8 Å². The van der Waals surface area contributed by atoms with Crippen molar-refractivity contribution >= 4 is 23.3 Å². The molecular weight excluding hydrogens is 314 g/mol. The second-order valence-corrected chi connectivity index (χ2v) is 6.93. The largest absolute Gasteiger partial charge is 0.396 e. The Labute approximate surface area is 142 Å². The lowest BCUT2D eigenvalue weighted by atomic mass is 9.91. The van der Waals surface area contributed by atoms with Crippen LogP contribution in [-0.4, -0.2) is 40.9 Å². The first-order valence-corrected chi connectivity index (χ1v) is 8.50. The zero-order valence-electron chi connectivity index (χ0n) is 13.7. The van der Waals surface area contributed by atoms with E-state index >= 15 is 0 Å². The molecule has 1 N–H and O–H groups in total. The van der Waals surface area contributed by atoms with Gasteiger partial charge < -0.3 is 10.0 Å². The van der Waals surface area contributed by atoms with Gasteiger partial charge in [-0.15, -0.1) is 0 Å². The van der Waals surface area contributed by atoms with Crippen molar-refractivity contribution in [1.82, 2.24) is 4.90 Å². The number of aliphatic hydroxyl groups is 1. The van der Waals surface area contributed by atoms with Gasteiger partial charge in [-0.2, -0.15) is 0 Å². The third-order valence-corrected chi connectivity index (χ3v) is 4.87. The molecule has 0 radical (unpaired) electrons. The SMILES string of the molecule is CC(CC(=O)N1CC(CO)CCC1C)C(=O)c1ccc(Cl)cc1. The summed E-state index contributed by atoms with van der Waals surface area (Å²) in [6.07, 6.45) is 2.04. The summed E-state index contributed by atoms with van der Waals surface area (Å²) >= 11 is 5.83. The molecule has 1 aromatic rings. The maximum Gasteiger partial charge on any atom is 0.223 e. The number of halogens is 1. The number of carbonyl (C=O) groups excluding carboxylic acids is 2. The lowest BCUT2D eigenvalue weighted by molar-refractivity contribution is -0.136. The highest BCUT2D eigenvalue weighted by Gasteiger charge is 2.30. The van der Waals surface area contributed by atoms with Crippen molar-refractivity contribution in [2.45, 2.75) is 39.2 Å². The van der Waals surface area contributed by atoms with Crippen LogP contribution >= 0.6 is 11.6 Å². The van der Waals surface area contributed by atoms with Crippen molar-refractivity contribution in [3.8, 4) is 0 Å². The molecular formula is C18H24ClNO3. The van der Waals surface area contributed by atoms with Gasteiger partial charge in [-0.25, -0.2) is 0 Å². The summed E-state index contributed by atoms with van der Waals surface area (Å²) in [6, 6.07) is 6.92. The number of hydrogen-bond acceptors (Lipinski definition) is 3. The molecule has 1 fully saturated rings. The van der Waals surface area contributed by atoms with Crippen LogP contribution in [0.25, 0.3) is 0 Å². The fraction of sp³-hybridized carbons (Fsp3) is 0.556. The fourth-order valence-corrected chi connectivity index (χ4v) is 3.18. The molecule has 0 aliphatic carbocycles. The Hall–Kier alpha value is -1.39. The summed E-state index contributed by atoms with van der Waals surface area (Å²) in [6.45, 7) is 4.50. The van der Waals surface area contributed by atoms with E-state index in [0.29, 0.717) is 17.1 Å². The Morgan fingerprint density at radius 2 is 1.96 bits per heavy atom. The normalized spacial score (nSPS) is 22.7. The quantitative estimate of drug-likeness (QED) is 0.840. The number of Topliss-reactive ketones (excluding diaryl/α,β-unsaturated/α-hetero) is 1. The standard InChI is InChI=1S/C18H24ClNO3/c1-12(18(23)15-5-7-16(19)8-6-15)9-17(22)20-10-14(11-21)4-3-13(20)2/h5-8,12-14,21H,3-4,9-11H2,1-2H3. The van der Waals surface area contributed by atoms with Crippen LogP contribution in [0.15, 0.2) is 24.3 Å². The van der Waals surface area contributed by atoms with Crippen LogP contribution in [0.2, 0.25) is 5.02 Å². The number of likely N-dealkylation sites (tertiary alicyclic amines) is 1. The summed E-state index contributed by atoms with van der Waals surface area (Å²) in [5, 5.41) is 9.90. The van der Waals surface area contributed by atoms with Gasteiger partial charge in [0.05, 0.1) is 0 Å². The van der Waals surface area contributed by atoms with Gasteiger partial charge in [-0.05, 0) is 49.9 Å². The van der Waals surface area contributed by atoms with Crippen molar-refractivity contribution in [3.63, 3.8) is 0 Å². The van der Waals surface area contributed by atoms with E-state index in [1.807, 2.05) is 11.8 Å². The molecule has 23 heavy (non-hydrogen) atoms. The number of amides is 1. The first kappa shape index (κ1) is 18.0. The predicted molar refractivity (Wildman–Crippen MR) is 90.5 cm³/mol.